The molecule has 0 N–H and O–H groups in total. The van der Waals surface area contributed by atoms with Gasteiger partial charge in [0, 0.05) is 17.1 Å². The van der Waals surface area contributed by atoms with Gasteiger partial charge in [-0.2, -0.15) is 0 Å². The van der Waals surface area contributed by atoms with Gasteiger partial charge in [-0.1, -0.05) is 15.9 Å². The van der Waals surface area contributed by atoms with E-state index in [0.717, 1.165) is 5.56 Å². The Balaban J connectivity index is 3.39. The van der Waals surface area contributed by atoms with Crippen LogP contribution in [0.4, 0.5) is 5.69 Å². The second-order valence-electron chi connectivity index (χ2n) is 2.66. The molecule has 76 valence electrons. The molecule has 1 heterocycles. The van der Waals surface area contributed by atoms with Crippen LogP contribution in [0.5, 0.6) is 5.88 Å². The third-order valence-electron chi connectivity index (χ3n) is 1.90. The number of nitro groups is 1. The molecule has 0 bridgehead atoms. The van der Waals surface area contributed by atoms with Crippen molar-refractivity contribution in [3.8, 4) is 5.88 Å². The Morgan fingerprint density at radius 1 is 1.71 bits per heavy atom. The number of methoxy groups -OCH3 is 1. The summed E-state index contributed by atoms with van der Waals surface area (Å²) in [5.41, 5.74) is 1.31. The zero-order valence-electron chi connectivity index (χ0n) is 7.78. The molecule has 0 fully saturated rings. The Kier molecular flexibility index (Phi) is 3.40. The zero-order valence-corrected chi connectivity index (χ0v) is 9.37. The van der Waals surface area contributed by atoms with Crippen molar-refractivity contribution in [2.75, 3.05) is 7.11 Å². The summed E-state index contributed by atoms with van der Waals surface area (Å²) in [5, 5.41) is 11.3. The maximum Gasteiger partial charge on any atom is 0.334 e. The van der Waals surface area contributed by atoms with Gasteiger partial charge >= 0.3 is 5.69 Å². The van der Waals surface area contributed by atoms with Gasteiger partial charge in [0.1, 0.15) is 0 Å². The lowest BCUT2D eigenvalue weighted by Gasteiger charge is -2.05. The average Bonchev–Trinajstić information content (AvgIpc) is 2.16. The van der Waals surface area contributed by atoms with Crippen molar-refractivity contribution >= 4 is 21.6 Å². The molecule has 0 unspecified atom stereocenters. The van der Waals surface area contributed by atoms with Gasteiger partial charge in [0.2, 0.25) is 0 Å². The normalized spacial score (nSPS) is 9.93. The second-order valence-corrected chi connectivity index (χ2v) is 3.22. The van der Waals surface area contributed by atoms with E-state index in [2.05, 4.69) is 20.9 Å². The smallest absolute Gasteiger partial charge is 0.334 e. The highest BCUT2D eigenvalue weighted by atomic mass is 79.9. The molecule has 0 aliphatic carbocycles. The van der Waals surface area contributed by atoms with E-state index in [1.54, 1.807) is 13.1 Å². The highest BCUT2D eigenvalue weighted by Gasteiger charge is 2.21. The summed E-state index contributed by atoms with van der Waals surface area (Å²) in [6, 6.07) is 0. The number of rotatable bonds is 3. The van der Waals surface area contributed by atoms with Gasteiger partial charge in [0.25, 0.3) is 5.88 Å². The summed E-state index contributed by atoms with van der Waals surface area (Å²) in [6.07, 6.45) is 1.57. The van der Waals surface area contributed by atoms with E-state index in [4.69, 9.17) is 4.74 Å². The molecular weight excluding hydrogens is 252 g/mol. The lowest BCUT2D eigenvalue weighted by molar-refractivity contribution is -0.386. The van der Waals surface area contributed by atoms with Crippen molar-refractivity contribution in [2.24, 2.45) is 0 Å². The maximum atomic E-state index is 10.7. The van der Waals surface area contributed by atoms with Gasteiger partial charge in [-0.15, -0.1) is 0 Å². The minimum atomic E-state index is -0.479. The monoisotopic (exact) mass is 260 g/mol. The van der Waals surface area contributed by atoms with Gasteiger partial charge in [0.05, 0.1) is 12.0 Å². The third-order valence-corrected chi connectivity index (χ3v) is 2.50. The summed E-state index contributed by atoms with van der Waals surface area (Å²) in [5.74, 6) is 0.0530. The van der Waals surface area contributed by atoms with Crippen molar-refractivity contribution in [3.05, 3.63) is 27.4 Å². The molecule has 1 aromatic rings. The number of nitrogens with zero attached hydrogens (tertiary/aromatic N) is 2. The van der Waals surface area contributed by atoms with Crippen LogP contribution in [0.25, 0.3) is 0 Å². The Bertz CT molecular complexity index is 368. The first-order valence-electron chi connectivity index (χ1n) is 3.84. The molecular formula is C8H9BrN2O3. The minimum Gasteiger partial charge on any atom is -0.476 e. The van der Waals surface area contributed by atoms with Crippen LogP contribution >= 0.6 is 15.9 Å². The summed E-state index contributed by atoms with van der Waals surface area (Å²) in [6.45, 7) is 1.68. The molecule has 0 saturated heterocycles. The Hall–Kier alpha value is -1.17. The van der Waals surface area contributed by atoms with E-state index in [-0.39, 0.29) is 11.6 Å². The van der Waals surface area contributed by atoms with Gasteiger partial charge < -0.3 is 4.74 Å². The number of alkyl halides is 1. The zero-order chi connectivity index (χ0) is 10.7. The van der Waals surface area contributed by atoms with Crippen LogP contribution in [-0.2, 0) is 5.33 Å². The van der Waals surface area contributed by atoms with Gasteiger partial charge in [-0.25, -0.2) is 4.98 Å². The number of halogens is 1. The fraction of sp³-hybridized carbons (Fsp3) is 0.375. The molecule has 1 rings (SSSR count). The Morgan fingerprint density at radius 2 is 2.36 bits per heavy atom. The standard InChI is InChI=1S/C8H9BrN2O3/c1-5-6(3-9)4-10-8(14-2)7(5)11(12)13/h4H,3H2,1-2H3. The summed E-state index contributed by atoms with van der Waals surface area (Å²) >= 11 is 3.23. The van der Waals surface area contributed by atoms with E-state index in [0.29, 0.717) is 10.9 Å². The quantitative estimate of drug-likeness (QED) is 0.475. The maximum absolute atomic E-state index is 10.7. The summed E-state index contributed by atoms with van der Waals surface area (Å²) in [7, 11) is 1.36. The van der Waals surface area contributed by atoms with E-state index in [1.807, 2.05) is 0 Å². The van der Waals surface area contributed by atoms with Gasteiger partial charge in [0.15, 0.2) is 0 Å². The first-order valence-corrected chi connectivity index (χ1v) is 4.96. The molecule has 6 heteroatoms. The molecule has 0 atom stereocenters. The Morgan fingerprint density at radius 3 is 2.79 bits per heavy atom. The molecule has 0 saturated carbocycles. The Labute approximate surface area is 89.4 Å². The molecule has 0 aromatic carbocycles. The van der Waals surface area contributed by atoms with Crippen LogP contribution in [-0.4, -0.2) is 17.0 Å². The topological polar surface area (TPSA) is 65.3 Å². The van der Waals surface area contributed by atoms with Crippen LogP contribution in [0.2, 0.25) is 0 Å². The molecule has 5 nitrogen and oxygen atoms in total. The second kappa shape index (κ2) is 4.36. The van der Waals surface area contributed by atoms with E-state index in [9.17, 15) is 10.1 Å². The highest BCUT2D eigenvalue weighted by molar-refractivity contribution is 9.08. The molecule has 0 aliphatic heterocycles. The third kappa shape index (κ3) is 1.84. The first-order chi connectivity index (χ1) is 6.61. The predicted molar refractivity (Wildman–Crippen MR) is 54.8 cm³/mol. The van der Waals surface area contributed by atoms with Crippen LogP contribution in [0.3, 0.4) is 0 Å². The van der Waals surface area contributed by atoms with Crippen molar-refractivity contribution in [1.82, 2.24) is 4.98 Å². The van der Waals surface area contributed by atoms with Crippen molar-refractivity contribution in [2.45, 2.75) is 12.3 Å². The van der Waals surface area contributed by atoms with Crippen molar-refractivity contribution in [3.63, 3.8) is 0 Å². The van der Waals surface area contributed by atoms with Gasteiger partial charge in [-0.3, -0.25) is 10.1 Å². The predicted octanol–water partition coefficient (Wildman–Crippen LogP) is 2.20. The largest absolute Gasteiger partial charge is 0.476 e. The van der Waals surface area contributed by atoms with Gasteiger partial charge in [-0.05, 0) is 12.5 Å². The lowest BCUT2D eigenvalue weighted by Crippen LogP contribution is -2.01. The van der Waals surface area contributed by atoms with Crippen LogP contribution < -0.4 is 4.74 Å². The number of aromatic nitrogens is 1. The number of ether oxygens (including phenoxy) is 1. The number of hydrogen-bond acceptors (Lipinski definition) is 4. The number of pyridine rings is 1. The summed E-state index contributed by atoms with van der Waals surface area (Å²) < 4.78 is 4.82. The fourth-order valence-electron chi connectivity index (χ4n) is 1.11. The number of hydrogen-bond donors (Lipinski definition) is 0. The first kappa shape index (κ1) is 10.9. The van der Waals surface area contributed by atoms with E-state index in [1.165, 1.54) is 7.11 Å². The van der Waals surface area contributed by atoms with Crippen LogP contribution in [0, 0.1) is 17.0 Å². The summed E-state index contributed by atoms with van der Waals surface area (Å²) in [4.78, 5) is 14.1. The SMILES string of the molecule is COc1ncc(CBr)c(C)c1[N+](=O)[O-]. The highest BCUT2D eigenvalue weighted by Crippen LogP contribution is 2.30. The fourth-order valence-corrected chi connectivity index (χ4v) is 1.67. The molecule has 14 heavy (non-hydrogen) atoms. The minimum absolute atomic E-state index is 0.0530. The average molecular weight is 261 g/mol. The van der Waals surface area contributed by atoms with E-state index < -0.39 is 4.92 Å². The molecule has 0 amide bonds. The lowest BCUT2D eigenvalue weighted by atomic mass is 10.1. The van der Waals surface area contributed by atoms with E-state index >= 15 is 0 Å². The molecule has 0 spiro atoms. The molecule has 0 aliphatic rings. The molecule has 1 aromatic heterocycles. The van der Waals surface area contributed by atoms with Crippen LogP contribution in [0.1, 0.15) is 11.1 Å². The van der Waals surface area contributed by atoms with Crippen molar-refractivity contribution < 1.29 is 9.66 Å². The molecule has 0 radical (unpaired) electrons. The van der Waals surface area contributed by atoms with Crippen molar-refractivity contribution in [1.29, 1.82) is 0 Å². The van der Waals surface area contributed by atoms with Crippen LogP contribution in [0.15, 0.2) is 6.20 Å².